The molecule has 0 spiro atoms. The smallest absolute Gasteiger partial charge is 0.229 e. The molecule has 2 aromatic carbocycles. The summed E-state index contributed by atoms with van der Waals surface area (Å²) in [7, 11) is -3.54. The Morgan fingerprint density at radius 2 is 1.70 bits per heavy atom. The fourth-order valence-corrected chi connectivity index (χ4v) is 7.95. The SMILES string of the molecule is Cc1cc(Nc2ncc(Cl)c(Nc3ccccc3S(=O)(=O)C(C)C)n2)c(OC(C)C)cc1C1=C[C@@H](C2CCC2)N[C@H](C2CCC2)C1. The average Bonchev–Trinajstić information content (AvgIpc) is 2.94. The minimum atomic E-state index is -3.54. The maximum atomic E-state index is 13.0. The van der Waals surface area contributed by atoms with E-state index in [0.29, 0.717) is 29.5 Å². The van der Waals surface area contributed by atoms with E-state index >= 15 is 0 Å². The molecule has 0 bridgehead atoms. The van der Waals surface area contributed by atoms with Crippen LogP contribution in [0.1, 0.15) is 83.8 Å². The van der Waals surface area contributed by atoms with E-state index in [1.54, 1.807) is 38.1 Å². The Balaban J connectivity index is 1.30. The number of hydrogen-bond donors (Lipinski definition) is 3. The molecule has 1 aromatic heterocycles. The Morgan fingerprint density at radius 1 is 0.978 bits per heavy atom. The Hall–Kier alpha value is -3.14. The molecule has 3 aliphatic rings. The van der Waals surface area contributed by atoms with Crippen molar-refractivity contribution >= 4 is 50.2 Å². The Labute approximate surface area is 278 Å². The summed E-state index contributed by atoms with van der Waals surface area (Å²) in [5.41, 5.74) is 4.97. The molecule has 3 aromatic rings. The van der Waals surface area contributed by atoms with Gasteiger partial charge in [-0.3, -0.25) is 0 Å². The summed E-state index contributed by atoms with van der Waals surface area (Å²) < 4.78 is 32.4. The van der Waals surface area contributed by atoms with Crippen molar-refractivity contribution in [3.63, 3.8) is 0 Å². The molecule has 8 nitrogen and oxygen atoms in total. The summed E-state index contributed by atoms with van der Waals surface area (Å²) in [6, 6.07) is 12.0. The zero-order valence-corrected chi connectivity index (χ0v) is 29.0. The molecule has 0 radical (unpaired) electrons. The van der Waals surface area contributed by atoms with Crippen LogP contribution in [0.2, 0.25) is 5.02 Å². The van der Waals surface area contributed by atoms with Crippen molar-refractivity contribution in [3.8, 4) is 5.75 Å². The normalized spacial score (nSPS) is 20.7. The maximum Gasteiger partial charge on any atom is 0.229 e. The van der Waals surface area contributed by atoms with Crippen molar-refractivity contribution in [1.82, 2.24) is 15.3 Å². The summed E-state index contributed by atoms with van der Waals surface area (Å²) in [6.07, 6.45) is 12.9. The van der Waals surface area contributed by atoms with Gasteiger partial charge in [0.2, 0.25) is 5.95 Å². The monoisotopic (exact) mass is 663 g/mol. The van der Waals surface area contributed by atoms with E-state index in [-0.39, 0.29) is 16.0 Å². The molecular weight excluding hydrogens is 618 g/mol. The van der Waals surface area contributed by atoms with Crippen molar-refractivity contribution in [2.24, 2.45) is 11.8 Å². The zero-order chi connectivity index (χ0) is 32.6. The molecular formula is C36H46ClN5O3S. The van der Waals surface area contributed by atoms with Gasteiger partial charge in [0.25, 0.3) is 0 Å². The third kappa shape index (κ3) is 6.92. The first-order valence-corrected chi connectivity index (χ1v) is 18.6. The fourth-order valence-electron chi connectivity index (χ4n) is 6.61. The number of anilines is 4. The van der Waals surface area contributed by atoms with Gasteiger partial charge in [0.1, 0.15) is 10.8 Å². The summed E-state index contributed by atoms with van der Waals surface area (Å²) in [4.78, 5) is 9.28. The van der Waals surface area contributed by atoms with Gasteiger partial charge in [-0.1, -0.05) is 42.7 Å². The summed E-state index contributed by atoms with van der Waals surface area (Å²) in [5, 5.41) is 10.2. The van der Waals surface area contributed by atoms with Crippen LogP contribution >= 0.6 is 11.6 Å². The Bertz CT molecular complexity index is 1720. The van der Waals surface area contributed by atoms with Gasteiger partial charge >= 0.3 is 0 Å². The highest BCUT2D eigenvalue weighted by Crippen LogP contribution is 2.43. The molecule has 2 atom stereocenters. The lowest BCUT2D eigenvalue weighted by molar-refractivity contribution is 0.177. The highest BCUT2D eigenvalue weighted by atomic mass is 35.5. The van der Waals surface area contributed by atoms with Crippen LogP contribution in [0.15, 0.2) is 53.6 Å². The Morgan fingerprint density at radius 3 is 2.35 bits per heavy atom. The first kappa shape index (κ1) is 32.8. The molecule has 0 amide bonds. The first-order chi connectivity index (χ1) is 22.0. The molecule has 246 valence electrons. The third-order valence-corrected chi connectivity index (χ3v) is 12.2. The van der Waals surface area contributed by atoms with Crippen LogP contribution in [-0.4, -0.2) is 41.8 Å². The average molecular weight is 664 g/mol. The second kappa shape index (κ2) is 13.5. The number of nitrogens with zero attached hydrogens (tertiary/aromatic N) is 2. The van der Waals surface area contributed by atoms with Crippen molar-refractivity contribution in [1.29, 1.82) is 0 Å². The molecule has 2 aliphatic carbocycles. The number of halogens is 1. The van der Waals surface area contributed by atoms with Gasteiger partial charge in [0, 0.05) is 12.1 Å². The number of hydrogen-bond acceptors (Lipinski definition) is 8. The lowest BCUT2D eigenvalue weighted by atomic mass is 9.71. The molecule has 10 heteroatoms. The van der Waals surface area contributed by atoms with Crippen LogP contribution in [0.5, 0.6) is 5.75 Å². The van der Waals surface area contributed by atoms with Crippen LogP contribution in [0.3, 0.4) is 0 Å². The number of para-hydroxylation sites is 1. The number of sulfone groups is 1. The molecule has 2 saturated carbocycles. The standard InChI is InChI=1S/C36H46ClN5O3S/c1-21(2)45-33-19-27(26-17-30(24-10-8-11-24)39-31(18-26)25-12-9-13-25)23(5)16-32(33)41-36-38-20-28(37)35(42-36)40-29-14-6-7-15-34(29)46(43,44)22(3)4/h6-7,14-17,19-22,24-25,30-31,39H,8-13,18H2,1-5H3,(H2,38,40,41,42)/t30-,31-/m0/s1. The molecule has 3 N–H and O–H groups in total. The molecule has 6 rings (SSSR count). The molecule has 2 fully saturated rings. The van der Waals surface area contributed by atoms with E-state index in [1.807, 2.05) is 13.8 Å². The van der Waals surface area contributed by atoms with Crippen molar-refractivity contribution in [2.75, 3.05) is 10.6 Å². The van der Waals surface area contributed by atoms with E-state index in [4.69, 9.17) is 16.3 Å². The van der Waals surface area contributed by atoms with Gasteiger partial charge in [0.15, 0.2) is 15.7 Å². The molecule has 2 heterocycles. The van der Waals surface area contributed by atoms with Crippen LogP contribution in [0, 0.1) is 18.8 Å². The van der Waals surface area contributed by atoms with Crippen molar-refractivity contribution < 1.29 is 13.2 Å². The molecule has 0 saturated heterocycles. The lowest BCUT2D eigenvalue weighted by Gasteiger charge is -2.44. The van der Waals surface area contributed by atoms with E-state index in [9.17, 15) is 8.42 Å². The molecule has 1 aliphatic heterocycles. The van der Waals surface area contributed by atoms with Crippen molar-refractivity contribution in [2.45, 2.75) is 108 Å². The van der Waals surface area contributed by atoms with Gasteiger partial charge in [-0.15, -0.1) is 0 Å². The second-order valence-corrected chi connectivity index (χ2v) is 16.5. The summed E-state index contributed by atoms with van der Waals surface area (Å²) in [5.74, 6) is 2.84. The van der Waals surface area contributed by atoms with Crippen molar-refractivity contribution in [3.05, 3.63) is 64.8 Å². The largest absolute Gasteiger partial charge is 0.489 e. The van der Waals surface area contributed by atoms with Crippen LogP contribution in [0.4, 0.5) is 23.1 Å². The number of nitrogens with one attached hydrogen (secondary N) is 3. The number of aromatic nitrogens is 2. The topological polar surface area (TPSA) is 105 Å². The van der Waals surface area contributed by atoms with Gasteiger partial charge < -0.3 is 20.7 Å². The van der Waals surface area contributed by atoms with Gasteiger partial charge in [-0.05, 0) is 120 Å². The van der Waals surface area contributed by atoms with Gasteiger partial charge in [-0.25, -0.2) is 13.4 Å². The highest BCUT2D eigenvalue weighted by Gasteiger charge is 2.36. The molecule has 46 heavy (non-hydrogen) atoms. The summed E-state index contributed by atoms with van der Waals surface area (Å²) in [6.45, 7) is 9.53. The second-order valence-electron chi connectivity index (χ2n) is 13.6. The number of ether oxygens (including phenoxy) is 1. The minimum absolute atomic E-state index is 0.0358. The quantitative estimate of drug-likeness (QED) is 0.187. The van der Waals surface area contributed by atoms with Crippen LogP contribution < -0.4 is 20.7 Å². The van der Waals surface area contributed by atoms with E-state index < -0.39 is 15.1 Å². The minimum Gasteiger partial charge on any atom is -0.489 e. The summed E-state index contributed by atoms with van der Waals surface area (Å²) >= 11 is 6.51. The zero-order valence-electron chi connectivity index (χ0n) is 27.4. The van der Waals surface area contributed by atoms with Gasteiger partial charge in [-0.2, -0.15) is 4.98 Å². The maximum absolute atomic E-state index is 13.0. The number of rotatable bonds is 11. The predicted octanol–water partition coefficient (Wildman–Crippen LogP) is 8.61. The Kier molecular flexibility index (Phi) is 9.65. The molecule has 0 unspecified atom stereocenters. The fraction of sp³-hybridized carbons (Fsp3) is 0.500. The van der Waals surface area contributed by atoms with E-state index in [2.05, 4.69) is 51.1 Å². The lowest BCUT2D eigenvalue weighted by Crippen LogP contribution is -2.50. The van der Waals surface area contributed by atoms with Crippen LogP contribution in [0.25, 0.3) is 5.57 Å². The van der Waals surface area contributed by atoms with Gasteiger partial charge in [0.05, 0.1) is 33.8 Å². The van der Waals surface area contributed by atoms with Crippen LogP contribution in [-0.2, 0) is 9.84 Å². The van der Waals surface area contributed by atoms with E-state index in [1.165, 1.54) is 55.9 Å². The first-order valence-electron chi connectivity index (χ1n) is 16.7. The predicted molar refractivity (Wildman–Crippen MR) is 187 cm³/mol. The number of benzene rings is 2. The highest BCUT2D eigenvalue weighted by molar-refractivity contribution is 7.92. The third-order valence-electron chi connectivity index (χ3n) is 9.70. The van der Waals surface area contributed by atoms with E-state index in [0.717, 1.165) is 35.3 Å². The number of aryl methyl sites for hydroxylation is 1.